The molecule has 0 spiro atoms. The van der Waals surface area contributed by atoms with E-state index in [1.54, 1.807) is 29.2 Å². The molecule has 0 aliphatic carbocycles. The smallest absolute Gasteiger partial charge is 0.261 e. The normalized spacial score (nSPS) is 16.3. The van der Waals surface area contributed by atoms with Gasteiger partial charge in [-0.2, -0.15) is 4.98 Å². The number of imide groups is 1. The largest absolute Gasteiger partial charge is 0.340 e. The van der Waals surface area contributed by atoms with Gasteiger partial charge in [-0.3, -0.25) is 24.2 Å². The van der Waals surface area contributed by atoms with E-state index in [9.17, 15) is 14.4 Å². The van der Waals surface area contributed by atoms with Crippen LogP contribution in [-0.2, 0) is 11.3 Å². The highest BCUT2D eigenvalue weighted by atomic mass is 16.5. The van der Waals surface area contributed by atoms with Crippen LogP contribution in [0.4, 0.5) is 0 Å². The first-order chi connectivity index (χ1) is 16.5. The Labute approximate surface area is 196 Å². The molecule has 3 amide bonds. The number of fused-ring (bicyclic) bond motifs is 1. The van der Waals surface area contributed by atoms with Crippen LogP contribution in [0.25, 0.3) is 11.4 Å². The Morgan fingerprint density at radius 1 is 0.912 bits per heavy atom. The Bertz CT molecular complexity index is 1210. The Balaban J connectivity index is 1.11. The molecular formula is C25H25N5O4. The van der Waals surface area contributed by atoms with Crippen LogP contribution in [0.1, 0.15) is 38.6 Å². The molecule has 2 aromatic carbocycles. The number of hydrogen-bond acceptors (Lipinski definition) is 7. The fourth-order valence-corrected chi connectivity index (χ4v) is 4.41. The number of hydrogen-bond donors (Lipinski definition) is 0. The average molecular weight is 460 g/mol. The molecule has 0 radical (unpaired) electrons. The number of aryl methyl sites for hydroxylation is 1. The van der Waals surface area contributed by atoms with Crippen molar-refractivity contribution in [2.75, 3.05) is 32.7 Å². The predicted octanol–water partition coefficient (Wildman–Crippen LogP) is 2.38. The molecule has 1 aromatic heterocycles. The second kappa shape index (κ2) is 9.18. The van der Waals surface area contributed by atoms with E-state index in [1.807, 2.05) is 31.2 Å². The van der Waals surface area contributed by atoms with Crippen molar-refractivity contribution >= 4 is 17.7 Å². The molecule has 174 valence electrons. The van der Waals surface area contributed by atoms with Gasteiger partial charge in [-0.1, -0.05) is 41.6 Å². The first-order valence-corrected chi connectivity index (χ1v) is 11.3. The summed E-state index contributed by atoms with van der Waals surface area (Å²) in [6.07, 6.45) is 0.120. The minimum Gasteiger partial charge on any atom is -0.340 e. The summed E-state index contributed by atoms with van der Waals surface area (Å²) in [6, 6.07) is 14.6. The van der Waals surface area contributed by atoms with Gasteiger partial charge in [0.15, 0.2) is 0 Å². The van der Waals surface area contributed by atoms with Gasteiger partial charge in [-0.05, 0) is 24.6 Å². The molecule has 0 N–H and O–H groups in total. The molecule has 5 rings (SSSR count). The van der Waals surface area contributed by atoms with Crippen molar-refractivity contribution in [3.8, 4) is 11.4 Å². The molecule has 9 nitrogen and oxygen atoms in total. The maximum atomic E-state index is 12.7. The van der Waals surface area contributed by atoms with Crippen molar-refractivity contribution in [3.05, 3.63) is 71.1 Å². The summed E-state index contributed by atoms with van der Waals surface area (Å²) in [4.78, 5) is 47.3. The zero-order chi connectivity index (χ0) is 23.7. The first kappa shape index (κ1) is 22.0. The zero-order valence-corrected chi connectivity index (χ0v) is 18.9. The number of benzene rings is 2. The number of nitrogens with zero attached hydrogens (tertiary/aromatic N) is 5. The van der Waals surface area contributed by atoms with Crippen molar-refractivity contribution < 1.29 is 18.9 Å². The van der Waals surface area contributed by atoms with Crippen molar-refractivity contribution in [1.82, 2.24) is 24.8 Å². The zero-order valence-electron chi connectivity index (χ0n) is 18.9. The highest BCUT2D eigenvalue weighted by Crippen LogP contribution is 2.23. The van der Waals surface area contributed by atoms with E-state index in [4.69, 9.17) is 4.52 Å². The van der Waals surface area contributed by atoms with Crippen LogP contribution in [0.2, 0.25) is 0 Å². The summed E-state index contributed by atoms with van der Waals surface area (Å²) in [5.74, 6) is 0.403. The third-order valence-corrected chi connectivity index (χ3v) is 6.37. The van der Waals surface area contributed by atoms with Crippen LogP contribution in [0.3, 0.4) is 0 Å². The molecule has 3 aromatic rings. The fourth-order valence-electron chi connectivity index (χ4n) is 4.41. The molecule has 1 fully saturated rings. The Hall–Kier alpha value is -3.85. The minimum absolute atomic E-state index is 0.0594. The Kier molecular flexibility index (Phi) is 5.93. The van der Waals surface area contributed by atoms with Gasteiger partial charge in [0.2, 0.25) is 17.6 Å². The molecule has 1 saturated heterocycles. The van der Waals surface area contributed by atoms with E-state index in [0.29, 0.717) is 55.6 Å². The number of rotatable bonds is 6. The monoisotopic (exact) mass is 459 g/mol. The molecule has 3 heterocycles. The van der Waals surface area contributed by atoms with Crippen LogP contribution in [0.15, 0.2) is 53.1 Å². The summed E-state index contributed by atoms with van der Waals surface area (Å²) < 4.78 is 5.44. The third-order valence-electron chi connectivity index (χ3n) is 6.37. The minimum atomic E-state index is -0.331. The molecule has 0 atom stereocenters. The van der Waals surface area contributed by atoms with Crippen molar-refractivity contribution in [3.63, 3.8) is 0 Å². The van der Waals surface area contributed by atoms with Crippen molar-refractivity contribution in [2.45, 2.75) is 19.9 Å². The molecule has 0 bridgehead atoms. The highest BCUT2D eigenvalue weighted by molar-refractivity contribution is 6.21. The third kappa shape index (κ3) is 4.22. The molecule has 9 heteroatoms. The first-order valence-electron chi connectivity index (χ1n) is 11.3. The van der Waals surface area contributed by atoms with E-state index in [-0.39, 0.29) is 30.7 Å². The number of carbonyl (C=O) groups is 3. The number of aromatic nitrogens is 2. The standard InChI is InChI=1S/C25H25N5O4/c1-17-6-2-3-7-18(17)23-26-21(34-27-23)16-28-12-14-29(15-13-28)22(31)10-11-30-24(32)19-8-4-5-9-20(19)25(30)33/h2-9H,10-16H2,1H3. The lowest BCUT2D eigenvalue weighted by Crippen LogP contribution is -2.49. The SMILES string of the molecule is Cc1ccccc1-c1noc(CN2CCN(C(=O)CCN3C(=O)c4ccccc4C3=O)CC2)n1. The quantitative estimate of drug-likeness (QED) is 0.522. The van der Waals surface area contributed by atoms with Gasteiger partial charge in [-0.25, -0.2) is 0 Å². The average Bonchev–Trinajstić information content (AvgIpc) is 3.41. The lowest BCUT2D eigenvalue weighted by molar-refractivity contribution is -0.133. The van der Waals surface area contributed by atoms with Crippen LogP contribution in [0.5, 0.6) is 0 Å². The molecule has 0 saturated carbocycles. The van der Waals surface area contributed by atoms with Gasteiger partial charge in [-0.15, -0.1) is 0 Å². The summed E-state index contributed by atoms with van der Waals surface area (Å²) in [5, 5.41) is 4.11. The predicted molar refractivity (Wildman–Crippen MR) is 123 cm³/mol. The van der Waals surface area contributed by atoms with E-state index in [2.05, 4.69) is 15.0 Å². The number of carbonyl (C=O) groups excluding carboxylic acids is 3. The van der Waals surface area contributed by atoms with Crippen LogP contribution in [-0.4, -0.2) is 75.3 Å². The lowest BCUT2D eigenvalue weighted by Gasteiger charge is -2.34. The van der Waals surface area contributed by atoms with E-state index in [0.717, 1.165) is 11.1 Å². The molecule has 2 aliphatic rings. The van der Waals surface area contributed by atoms with E-state index < -0.39 is 0 Å². The van der Waals surface area contributed by atoms with Gasteiger partial charge in [0.05, 0.1) is 17.7 Å². The Morgan fingerprint density at radius 2 is 1.53 bits per heavy atom. The maximum absolute atomic E-state index is 12.7. The molecular weight excluding hydrogens is 434 g/mol. The number of amides is 3. The summed E-state index contributed by atoms with van der Waals surface area (Å²) in [5.41, 5.74) is 2.84. The summed E-state index contributed by atoms with van der Waals surface area (Å²) in [7, 11) is 0. The topological polar surface area (TPSA) is 99.9 Å². The molecule has 0 unspecified atom stereocenters. The van der Waals surface area contributed by atoms with Crippen LogP contribution in [0, 0.1) is 6.92 Å². The van der Waals surface area contributed by atoms with E-state index >= 15 is 0 Å². The highest BCUT2D eigenvalue weighted by Gasteiger charge is 2.35. The summed E-state index contributed by atoms with van der Waals surface area (Å²) >= 11 is 0. The van der Waals surface area contributed by atoms with Gasteiger partial charge >= 0.3 is 0 Å². The lowest BCUT2D eigenvalue weighted by atomic mass is 10.1. The van der Waals surface area contributed by atoms with Gasteiger partial charge in [0.1, 0.15) is 0 Å². The summed E-state index contributed by atoms with van der Waals surface area (Å²) in [6.45, 7) is 5.13. The van der Waals surface area contributed by atoms with E-state index in [1.165, 1.54) is 4.90 Å². The Morgan fingerprint density at radius 3 is 2.18 bits per heavy atom. The fraction of sp³-hybridized carbons (Fsp3) is 0.320. The van der Waals surface area contributed by atoms with Gasteiger partial charge in [0.25, 0.3) is 11.8 Å². The van der Waals surface area contributed by atoms with Gasteiger partial charge < -0.3 is 9.42 Å². The second-order valence-electron chi connectivity index (χ2n) is 8.54. The van der Waals surface area contributed by atoms with Gasteiger partial charge in [0, 0.05) is 44.7 Å². The molecule has 34 heavy (non-hydrogen) atoms. The van der Waals surface area contributed by atoms with Crippen molar-refractivity contribution in [2.24, 2.45) is 0 Å². The van der Waals surface area contributed by atoms with Crippen LogP contribution >= 0.6 is 0 Å². The molecule has 2 aliphatic heterocycles. The maximum Gasteiger partial charge on any atom is 0.261 e. The second-order valence-corrected chi connectivity index (χ2v) is 8.54. The van der Waals surface area contributed by atoms with Crippen molar-refractivity contribution in [1.29, 1.82) is 0 Å². The van der Waals surface area contributed by atoms with Crippen LogP contribution < -0.4 is 0 Å². The number of piperazine rings is 1.